The second kappa shape index (κ2) is 8.69. The second-order valence-corrected chi connectivity index (χ2v) is 7.61. The standard InChI is InChI=1S/C20H24F3N3O3/c1-12(2)10-19(3,24)11-29-16-5-4-13(8-15(16)20(21,22)23)14-6-7-25-17(9-14)26-18(27)28/h4-9,12H,10-11,24H2,1-3H3,(H,25,26)(H,27,28). The minimum Gasteiger partial charge on any atom is -0.491 e. The molecule has 1 aromatic heterocycles. The maximum Gasteiger partial charge on any atom is 0.419 e. The van der Waals surface area contributed by atoms with Gasteiger partial charge in [0, 0.05) is 11.7 Å². The first-order chi connectivity index (χ1) is 13.4. The molecule has 1 atom stereocenters. The molecule has 0 fully saturated rings. The molecular formula is C20H24F3N3O3. The van der Waals surface area contributed by atoms with Gasteiger partial charge in [-0.1, -0.05) is 19.9 Å². The Morgan fingerprint density at radius 1 is 1.24 bits per heavy atom. The van der Waals surface area contributed by atoms with Gasteiger partial charge in [-0.05, 0) is 54.7 Å². The number of carboxylic acid groups (broad SMARTS) is 1. The van der Waals surface area contributed by atoms with Gasteiger partial charge in [-0.3, -0.25) is 5.32 Å². The summed E-state index contributed by atoms with van der Waals surface area (Å²) in [6.07, 6.45) is -4.04. The molecule has 0 bridgehead atoms. The third-order valence-electron chi connectivity index (χ3n) is 4.05. The fourth-order valence-electron chi connectivity index (χ4n) is 3.08. The molecule has 29 heavy (non-hydrogen) atoms. The molecule has 4 N–H and O–H groups in total. The van der Waals surface area contributed by atoms with Gasteiger partial charge in [-0.2, -0.15) is 13.2 Å². The zero-order valence-electron chi connectivity index (χ0n) is 16.4. The van der Waals surface area contributed by atoms with Crippen molar-refractivity contribution in [3.63, 3.8) is 0 Å². The summed E-state index contributed by atoms with van der Waals surface area (Å²) in [6, 6.07) is 6.52. The molecule has 158 valence electrons. The van der Waals surface area contributed by atoms with Crippen molar-refractivity contribution in [2.24, 2.45) is 11.7 Å². The number of halogens is 3. The number of benzene rings is 1. The summed E-state index contributed by atoms with van der Waals surface area (Å²) in [5, 5.41) is 10.8. The Morgan fingerprint density at radius 3 is 2.48 bits per heavy atom. The molecule has 0 aliphatic carbocycles. The summed E-state index contributed by atoms with van der Waals surface area (Å²) < 4.78 is 46.3. The van der Waals surface area contributed by atoms with E-state index in [0.717, 1.165) is 6.07 Å². The molecule has 0 saturated heterocycles. The molecule has 9 heteroatoms. The number of rotatable bonds is 7. The molecule has 1 aromatic carbocycles. The van der Waals surface area contributed by atoms with E-state index >= 15 is 0 Å². The number of anilines is 1. The van der Waals surface area contributed by atoms with Crippen LogP contribution >= 0.6 is 0 Å². The largest absolute Gasteiger partial charge is 0.491 e. The molecule has 0 aliphatic heterocycles. The highest BCUT2D eigenvalue weighted by Gasteiger charge is 2.35. The summed E-state index contributed by atoms with van der Waals surface area (Å²) in [6.45, 7) is 5.63. The lowest BCUT2D eigenvalue weighted by Gasteiger charge is -2.27. The molecule has 0 radical (unpaired) electrons. The lowest BCUT2D eigenvalue weighted by atomic mass is 9.93. The van der Waals surface area contributed by atoms with Gasteiger partial charge in [0.15, 0.2) is 0 Å². The number of aromatic nitrogens is 1. The number of ether oxygens (including phenoxy) is 1. The van der Waals surface area contributed by atoms with Crippen LogP contribution in [-0.4, -0.2) is 28.3 Å². The Hall–Kier alpha value is -2.81. The van der Waals surface area contributed by atoms with Gasteiger partial charge in [0.25, 0.3) is 0 Å². The maximum absolute atomic E-state index is 13.6. The van der Waals surface area contributed by atoms with Crippen molar-refractivity contribution >= 4 is 11.9 Å². The number of nitrogens with one attached hydrogen (secondary N) is 1. The van der Waals surface area contributed by atoms with E-state index in [9.17, 15) is 18.0 Å². The van der Waals surface area contributed by atoms with E-state index in [1.807, 2.05) is 13.8 Å². The van der Waals surface area contributed by atoms with E-state index < -0.39 is 23.4 Å². The van der Waals surface area contributed by atoms with Crippen LogP contribution in [0.3, 0.4) is 0 Å². The number of alkyl halides is 3. The number of amides is 1. The van der Waals surface area contributed by atoms with Gasteiger partial charge in [-0.25, -0.2) is 9.78 Å². The summed E-state index contributed by atoms with van der Waals surface area (Å²) in [5.41, 5.74) is 5.06. The van der Waals surface area contributed by atoms with Crippen molar-refractivity contribution in [2.45, 2.75) is 38.9 Å². The van der Waals surface area contributed by atoms with E-state index in [4.69, 9.17) is 15.6 Å². The number of hydrogen-bond acceptors (Lipinski definition) is 4. The fraction of sp³-hybridized carbons (Fsp3) is 0.400. The van der Waals surface area contributed by atoms with E-state index in [0.29, 0.717) is 12.0 Å². The Morgan fingerprint density at radius 2 is 1.90 bits per heavy atom. The monoisotopic (exact) mass is 411 g/mol. The molecule has 0 spiro atoms. The van der Waals surface area contributed by atoms with Crippen molar-refractivity contribution in [3.05, 3.63) is 42.1 Å². The van der Waals surface area contributed by atoms with Crippen LogP contribution in [0.15, 0.2) is 36.5 Å². The number of nitrogens with zero attached hydrogens (tertiary/aromatic N) is 1. The van der Waals surface area contributed by atoms with Crippen LogP contribution in [0.1, 0.15) is 32.8 Å². The minimum atomic E-state index is -4.64. The third-order valence-corrected chi connectivity index (χ3v) is 4.05. The smallest absolute Gasteiger partial charge is 0.419 e. The molecule has 6 nitrogen and oxygen atoms in total. The third kappa shape index (κ3) is 6.63. The average molecular weight is 411 g/mol. The normalized spacial score (nSPS) is 13.8. The summed E-state index contributed by atoms with van der Waals surface area (Å²) in [4.78, 5) is 14.6. The van der Waals surface area contributed by atoms with Gasteiger partial charge in [-0.15, -0.1) is 0 Å². The molecular weight excluding hydrogens is 387 g/mol. The SMILES string of the molecule is CC(C)CC(C)(N)COc1ccc(-c2ccnc(NC(=O)O)c2)cc1C(F)(F)F. The van der Waals surface area contributed by atoms with E-state index in [2.05, 4.69) is 10.3 Å². The predicted molar refractivity (Wildman–Crippen MR) is 104 cm³/mol. The Kier molecular flexibility index (Phi) is 6.73. The van der Waals surface area contributed by atoms with Crippen LogP contribution in [0.5, 0.6) is 5.75 Å². The highest BCUT2D eigenvalue weighted by molar-refractivity contribution is 5.82. The Bertz CT molecular complexity index is 868. The Labute approximate surface area is 166 Å². The van der Waals surface area contributed by atoms with Crippen LogP contribution < -0.4 is 15.8 Å². The van der Waals surface area contributed by atoms with Crippen LogP contribution in [0.2, 0.25) is 0 Å². The molecule has 2 rings (SSSR count). The van der Waals surface area contributed by atoms with Crippen molar-refractivity contribution in [2.75, 3.05) is 11.9 Å². The van der Waals surface area contributed by atoms with Gasteiger partial charge in [0.2, 0.25) is 0 Å². The van der Waals surface area contributed by atoms with Gasteiger partial charge in [0.05, 0.1) is 5.56 Å². The fourth-order valence-corrected chi connectivity index (χ4v) is 3.08. The van der Waals surface area contributed by atoms with Crippen molar-refractivity contribution in [3.8, 4) is 16.9 Å². The second-order valence-electron chi connectivity index (χ2n) is 7.61. The number of nitrogens with two attached hydrogens (primary N) is 1. The zero-order valence-corrected chi connectivity index (χ0v) is 16.4. The van der Waals surface area contributed by atoms with Crippen LogP contribution in [0.25, 0.3) is 11.1 Å². The van der Waals surface area contributed by atoms with Crippen LogP contribution in [0, 0.1) is 5.92 Å². The number of pyridine rings is 1. The summed E-state index contributed by atoms with van der Waals surface area (Å²) in [5.74, 6) is -0.0190. The average Bonchev–Trinajstić information content (AvgIpc) is 2.57. The topological polar surface area (TPSA) is 97.5 Å². The first-order valence-electron chi connectivity index (χ1n) is 8.97. The van der Waals surface area contributed by atoms with E-state index in [1.165, 1.54) is 30.5 Å². The lowest BCUT2D eigenvalue weighted by molar-refractivity contribution is -0.139. The molecule has 1 amide bonds. The van der Waals surface area contributed by atoms with Crippen molar-refractivity contribution in [1.82, 2.24) is 4.98 Å². The van der Waals surface area contributed by atoms with E-state index in [-0.39, 0.29) is 29.7 Å². The summed E-state index contributed by atoms with van der Waals surface area (Å²) in [7, 11) is 0. The van der Waals surface area contributed by atoms with Crippen molar-refractivity contribution in [1.29, 1.82) is 0 Å². The highest BCUT2D eigenvalue weighted by Crippen LogP contribution is 2.39. The van der Waals surface area contributed by atoms with Gasteiger partial charge in [0.1, 0.15) is 18.2 Å². The first-order valence-corrected chi connectivity index (χ1v) is 8.97. The zero-order chi connectivity index (χ0) is 21.8. The molecule has 1 unspecified atom stereocenters. The Balaban J connectivity index is 2.34. The summed E-state index contributed by atoms with van der Waals surface area (Å²) >= 11 is 0. The molecule has 2 aromatic rings. The predicted octanol–water partition coefficient (Wildman–Crippen LogP) is 5.00. The number of carbonyl (C=O) groups is 1. The van der Waals surface area contributed by atoms with E-state index in [1.54, 1.807) is 6.92 Å². The minimum absolute atomic E-state index is 0.0106. The molecule has 0 saturated carbocycles. The van der Waals surface area contributed by atoms with Crippen LogP contribution in [0.4, 0.5) is 23.8 Å². The number of hydrogen-bond donors (Lipinski definition) is 3. The maximum atomic E-state index is 13.6. The van der Waals surface area contributed by atoms with Gasteiger partial charge < -0.3 is 15.6 Å². The molecule has 1 heterocycles. The van der Waals surface area contributed by atoms with Crippen LogP contribution in [-0.2, 0) is 6.18 Å². The lowest BCUT2D eigenvalue weighted by Crippen LogP contribution is -2.43. The quantitative estimate of drug-likeness (QED) is 0.596. The first kappa shape index (κ1) is 22.5. The van der Waals surface area contributed by atoms with Gasteiger partial charge >= 0.3 is 12.3 Å². The van der Waals surface area contributed by atoms with Crippen molar-refractivity contribution < 1.29 is 27.8 Å². The molecule has 0 aliphatic rings. The highest BCUT2D eigenvalue weighted by atomic mass is 19.4.